The Morgan fingerprint density at radius 1 is 0.293 bits per heavy atom. The van der Waals surface area contributed by atoms with E-state index < -0.39 is 0 Å². The van der Waals surface area contributed by atoms with Gasteiger partial charge in [0.1, 0.15) is 39.6 Å². The number of fused-ring (bicyclic) bond motifs is 16. The molecule has 0 bridgehead atoms. The standard InChI is InChI=1S/C117H69N14O2/c1-4-21-68(22-5-1)102-106-105(123-108(120-102)71-40-44-73(45-41-71)112-124-110(69-23-6-2-7-24-69)126-114(128-112)75-52-56-85(57-53-75)130-98-36-14-10-29-89(98)90-30-11-15-37-99(90)130)96-67-97(119-117(96)133-106)81-50-48-78-65-94-80(62-83(78)63-81)28-19-33-87(94)88-34-18-27-79-61-77-49-51-82(64-84(77)66-95(79)88)103-107-104(93-35-20-60-118-116(93)132-107)122-109(121-103)72-42-46-74(47-43-72)113-125-111(70-25-8-3-9-26-70)127-115(129-113)76-54-58-86(59-55-76)131-100-38-16-12-31-91(100)92-32-13-17-39-101(92)131/h1-67,111H,(H,125,127,129)/q+1. The van der Waals surface area contributed by atoms with Crippen molar-refractivity contribution in [1.82, 2.24) is 59.0 Å². The van der Waals surface area contributed by atoms with Gasteiger partial charge in [0, 0.05) is 89.2 Å². The average molecular weight is 1700 g/mol. The van der Waals surface area contributed by atoms with Crippen molar-refractivity contribution in [2.24, 2.45) is 9.98 Å². The number of benzene rings is 17. The zero-order chi connectivity index (χ0) is 87.3. The van der Waals surface area contributed by atoms with Gasteiger partial charge in [0.05, 0.1) is 39.1 Å². The number of pyridine rings is 1. The lowest BCUT2D eigenvalue weighted by Crippen LogP contribution is -2.33. The molecule has 0 spiro atoms. The van der Waals surface area contributed by atoms with Crippen LogP contribution >= 0.6 is 0 Å². The molecule has 0 radical (unpaired) electrons. The van der Waals surface area contributed by atoms with E-state index in [0.29, 0.717) is 85.6 Å². The van der Waals surface area contributed by atoms with E-state index in [1.165, 1.54) is 21.5 Å². The highest BCUT2D eigenvalue weighted by atomic mass is 16.3. The van der Waals surface area contributed by atoms with Crippen LogP contribution in [0.15, 0.2) is 419 Å². The van der Waals surface area contributed by atoms with Gasteiger partial charge in [0.2, 0.25) is 5.71 Å². The van der Waals surface area contributed by atoms with Crippen molar-refractivity contribution in [2.45, 2.75) is 6.17 Å². The van der Waals surface area contributed by atoms with Crippen molar-refractivity contribution < 1.29 is 8.83 Å². The highest BCUT2D eigenvalue weighted by molar-refractivity contribution is 6.23. The molecule has 2 aliphatic rings. The Morgan fingerprint density at radius 3 is 1.30 bits per heavy atom. The first-order chi connectivity index (χ1) is 65.8. The highest BCUT2D eigenvalue weighted by Crippen LogP contribution is 2.43. The summed E-state index contributed by atoms with van der Waals surface area (Å²) in [6, 6.07) is 138. The molecule has 16 nitrogen and oxygen atoms in total. The predicted molar refractivity (Wildman–Crippen MR) is 535 cm³/mol. The molecule has 0 saturated carbocycles. The first-order valence-corrected chi connectivity index (χ1v) is 44.4. The van der Waals surface area contributed by atoms with Crippen molar-refractivity contribution in [1.29, 1.82) is 0 Å². The number of nitrogens with zero attached hydrogens (tertiary/aromatic N) is 13. The maximum absolute atomic E-state index is 6.77. The van der Waals surface area contributed by atoms with Crippen molar-refractivity contribution in [3.05, 3.63) is 434 Å². The summed E-state index contributed by atoms with van der Waals surface area (Å²) in [5.74, 6) is 4.10. The van der Waals surface area contributed by atoms with E-state index in [0.717, 1.165) is 165 Å². The van der Waals surface area contributed by atoms with Gasteiger partial charge >= 0.3 is 11.3 Å². The summed E-state index contributed by atoms with van der Waals surface area (Å²) < 4.78 is 23.3. The number of nitrogens with one attached hydrogen (secondary N) is 1. The van der Waals surface area contributed by atoms with Crippen molar-refractivity contribution in [3.8, 4) is 102 Å². The molecule has 25 aromatic rings. The van der Waals surface area contributed by atoms with Crippen molar-refractivity contribution in [3.63, 3.8) is 0 Å². The van der Waals surface area contributed by atoms with Crippen LogP contribution in [-0.2, 0) is 0 Å². The van der Waals surface area contributed by atoms with E-state index >= 15 is 0 Å². The second-order valence-electron chi connectivity index (χ2n) is 33.8. The molecule has 8 aromatic heterocycles. The van der Waals surface area contributed by atoms with E-state index in [2.05, 4.69) is 305 Å². The topological polar surface area (TPSA) is 190 Å². The first kappa shape index (κ1) is 74.8. The van der Waals surface area contributed by atoms with Crippen molar-refractivity contribution >= 4 is 143 Å². The van der Waals surface area contributed by atoms with Gasteiger partial charge in [0.25, 0.3) is 0 Å². The van der Waals surface area contributed by atoms with E-state index in [4.69, 9.17) is 58.4 Å². The molecule has 16 heteroatoms. The smallest absolute Gasteiger partial charge is 0.434 e. The van der Waals surface area contributed by atoms with Gasteiger partial charge in [0.15, 0.2) is 46.1 Å². The van der Waals surface area contributed by atoms with Crippen molar-refractivity contribution in [2.75, 3.05) is 0 Å². The zero-order valence-corrected chi connectivity index (χ0v) is 70.9. The number of rotatable bonds is 14. The number of aliphatic imine (C=N–C) groups is 2. The highest BCUT2D eigenvalue weighted by Gasteiger charge is 2.30. The Morgan fingerprint density at radius 2 is 0.722 bits per heavy atom. The number of amidine groups is 2. The molecule has 1 unspecified atom stereocenters. The van der Waals surface area contributed by atoms with Crippen LogP contribution in [0.5, 0.6) is 0 Å². The minimum atomic E-state index is -0.388. The van der Waals surface area contributed by atoms with Crippen LogP contribution in [0.2, 0.25) is 0 Å². The Labute approximate surface area is 758 Å². The third kappa shape index (κ3) is 12.6. The fraction of sp³-hybridized carbons (Fsp3) is 0.00855. The minimum absolute atomic E-state index is 0.388. The molecule has 27 rings (SSSR count). The minimum Gasteiger partial charge on any atom is -0.434 e. The van der Waals surface area contributed by atoms with E-state index in [9.17, 15) is 0 Å². The Hall–Kier alpha value is -18.4. The largest absolute Gasteiger partial charge is 0.503 e. The monoisotopic (exact) mass is 1700 g/mol. The molecule has 0 aliphatic carbocycles. The average Bonchev–Trinajstić information content (AvgIpc) is 1.62. The summed E-state index contributed by atoms with van der Waals surface area (Å²) in [4.78, 5) is 51.8. The lowest BCUT2D eigenvalue weighted by molar-refractivity contribution is 0.552. The fourth-order valence-corrected chi connectivity index (χ4v) is 19.5. The molecule has 1 N–H and O–H groups in total. The number of hydrogen-bond acceptors (Lipinski definition) is 13. The van der Waals surface area contributed by atoms with Crippen LogP contribution in [-0.4, -0.2) is 66.4 Å². The van der Waals surface area contributed by atoms with Gasteiger partial charge in [-0.15, -0.1) is 0 Å². The predicted octanol–water partition coefficient (Wildman–Crippen LogP) is 25.1. The second kappa shape index (κ2) is 30.2. The van der Waals surface area contributed by atoms with Crippen LogP contribution in [0.1, 0.15) is 28.4 Å². The molecule has 2 aliphatic heterocycles. The fourth-order valence-electron chi connectivity index (χ4n) is 19.5. The number of furan rings is 2. The molecule has 0 amide bonds. The number of para-hydroxylation sites is 4. The second-order valence-corrected chi connectivity index (χ2v) is 33.8. The van der Waals surface area contributed by atoms with Gasteiger partial charge in [-0.3, -0.25) is 0 Å². The van der Waals surface area contributed by atoms with E-state index in [-0.39, 0.29) is 6.17 Å². The number of aromatic nitrogens is 10. The van der Waals surface area contributed by atoms with Crippen LogP contribution in [0, 0.1) is 0 Å². The van der Waals surface area contributed by atoms with Gasteiger partial charge in [-0.1, -0.05) is 267 Å². The number of hydrogen-bond donors (Lipinski definition) is 1. The Bertz CT molecular complexity index is 9350. The summed E-state index contributed by atoms with van der Waals surface area (Å²) in [5.41, 5.74) is 24.3. The summed E-state index contributed by atoms with van der Waals surface area (Å²) in [6.45, 7) is 0. The quantitative estimate of drug-likeness (QED) is 0.0805. The summed E-state index contributed by atoms with van der Waals surface area (Å²) >= 11 is 0. The lowest BCUT2D eigenvalue weighted by Gasteiger charge is -2.24. The summed E-state index contributed by atoms with van der Waals surface area (Å²) in [5, 5.41) is 19.0. The Kier molecular flexibility index (Phi) is 17.0. The Balaban J connectivity index is 0.490. The third-order valence-corrected chi connectivity index (χ3v) is 26.0. The van der Waals surface area contributed by atoms with Gasteiger partial charge < -0.3 is 23.3 Å². The van der Waals surface area contributed by atoms with E-state index in [1.54, 1.807) is 6.20 Å². The molecule has 133 heavy (non-hydrogen) atoms. The van der Waals surface area contributed by atoms with Gasteiger partial charge in [-0.05, 0) is 192 Å². The third-order valence-electron chi connectivity index (χ3n) is 26.0. The van der Waals surface area contributed by atoms with Crippen LogP contribution in [0.3, 0.4) is 0 Å². The maximum Gasteiger partial charge on any atom is 0.503 e. The molecule has 618 valence electrons. The molecular weight excluding hydrogens is 1630 g/mol. The molecule has 17 aromatic carbocycles. The first-order valence-electron chi connectivity index (χ1n) is 44.4. The van der Waals surface area contributed by atoms with Gasteiger partial charge in [-0.2, -0.15) is 0 Å². The zero-order valence-electron chi connectivity index (χ0n) is 70.9. The molecule has 1 atom stereocenters. The van der Waals surface area contributed by atoms with Crippen LogP contribution < -0.4 is 20.8 Å². The van der Waals surface area contributed by atoms with Gasteiger partial charge in [-0.25, -0.2) is 49.9 Å². The summed E-state index contributed by atoms with van der Waals surface area (Å²) in [6.07, 6.45) is 3.45. The lowest BCUT2D eigenvalue weighted by atomic mass is 9.91. The van der Waals surface area contributed by atoms with Crippen LogP contribution in [0.25, 0.3) is 228 Å². The van der Waals surface area contributed by atoms with Crippen LogP contribution in [0.4, 0.5) is 0 Å². The summed E-state index contributed by atoms with van der Waals surface area (Å²) in [7, 11) is 0. The SMILES string of the molecule is C1=c2c(oc3c(-c4ccccc4)nc(-c4ccc(-c5nc(-c6ccccc6)nc(-c6ccc(-n7c8ccccc8c8ccccc87)cc6)n5)cc4)nc23)=[N+]=C1c1ccc2cc3c(-c4cccc5cc6ccc(-c7nc(-c8ccc(C9=NC(c%10ccc(-n%11c%12ccccc%12c%12ccccc%12%11)cc%10)=NC(c%10ccccc%10)N9)cc8)nc8c7oc7ncccc78)cc6cc45)cccc3cc2c1. The molecule has 0 fully saturated rings. The molecular formula is C117H69N14O2+. The normalized spacial score (nSPS) is 13.2. The molecule has 10 heterocycles. The van der Waals surface area contributed by atoms with E-state index in [1.807, 2.05) is 115 Å². The molecule has 0 saturated heterocycles. The maximum atomic E-state index is 6.77.